The fraction of sp³-hybridized carbons (Fsp3) is 0.353. The number of anilines is 1. The third-order valence-corrected chi connectivity index (χ3v) is 4.16. The van der Waals surface area contributed by atoms with Crippen LogP contribution < -0.4 is 5.32 Å². The summed E-state index contributed by atoms with van der Waals surface area (Å²) in [4.78, 5) is 0. The normalized spacial score (nSPS) is 16.2. The number of rotatable bonds is 4. The van der Waals surface area contributed by atoms with E-state index in [1.807, 2.05) is 12.1 Å². The molecule has 1 heterocycles. The second-order valence-corrected chi connectivity index (χ2v) is 5.64. The first-order valence-electron chi connectivity index (χ1n) is 7.52. The highest BCUT2D eigenvalue weighted by Crippen LogP contribution is 2.37. The predicted octanol–water partition coefficient (Wildman–Crippen LogP) is 3.83. The predicted molar refractivity (Wildman–Crippen MR) is 81.5 cm³/mol. The molecular formula is C17H17FN4. The van der Waals surface area contributed by atoms with E-state index in [0.717, 1.165) is 18.4 Å². The lowest BCUT2D eigenvalue weighted by Crippen LogP contribution is -2.20. The van der Waals surface area contributed by atoms with Crippen molar-refractivity contribution in [3.05, 3.63) is 53.5 Å². The monoisotopic (exact) mass is 296 g/mol. The van der Waals surface area contributed by atoms with Crippen molar-refractivity contribution in [2.45, 2.75) is 31.7 Å². The van der Waals surface area contributed by atoms with E-state index in [2.05, 4.69) is 15.5 Å². The molecule has 0 spiro atoms. The lowest BCUT2D eigenvalue weighted by atomic mass is 9.91. The summed E-state index contributed by atoms with van der Waals surface area (Å²) < 4.78 is 13.6. The third-order valence-electron chi connectivity index (χ3n) is 4.16. The van der Waals surface area contributed by atoms with Gasteiger partial charge in [-0.25, -0.2) is 4.39 Å². The molecule has 1 aromatic heterocycles. The van der Waals surface area contributed by atoms with Crippen LogP contribution >= 0.6 is 0 Å². The topological polar surface area (TPSA) is 61.6 Å². The maximum absolute atomic E-state index is 13.6. The van der Waals surface area contributed by atoms with Crippen LogP contribution in [0, 0.1) is 23.1 Å². The molecule has 112 valence electrons. The molecule has 0 amide bonds. The molecule has 0 saturated heterocycles. The first-order valence-corrected chi connectivity index (χ1v) is 7.52. The minimum Gasteiger partial charge on any atom is -0.361 e. The highest BCUT2D eigenvalue weighted by atomic mass is 19.1. The zero-order chi connectivity index (χ0) is 15.4. The Bertz CT molecular complexity index is 672. The van der Waals surface area contributed by atoms with Gasteiger partial charge in [0.25, 0.3) is 0 Å². The van der Waals surface area contributed by atoms with Crippen LogP contribution in [0.5, 0.6) is 0 Å². The Hall–Kier alpha value is -2.48. The first kappa shape index (κ1) is 14.5. The number of benzene rings is 1. The van der Waals surface area contributed by atoms with Crippen LogP contribution in [-0.2, 0) is 0 Å². The Balaban J connectivity index is 1.86. The highest BCUT2D eigenvalue weighted by Gasteiger charge is 2.27. The van der Waals surface area contributed by atoms with E-state index >= 15 is 0 Å². The van der Waals surface area contributed by atoms with Crippen molar-refractivity contribution in [3.8, 4) is 6.07 Å². The zero-order valence-electron chi connectivity index (χ0n) is 12.2. The largest absolute Gasteiger partial charge is 0.361 e. The van der Waals surface area contributed by atoms with Gasteiger partial charge < -0.3 is 5.32 Å². The maximum Gasteiger partial charge on any atom is 0.163 e. The van der Waals surface area contributed by atoms with Crippen molar-refractivity contribution in [1.82, 2.24) is 10.2 Å². The van der Waals surface area contributed by atoms with Gasteiger partial charge in [-0.05, 0) is 48.6 Å². The van der Waals surface area contributed by atoms with Gasteiger partial charge in [0.1, 0.15) is 17.7 Å². The van der Waals surface area contributed by atoms with Crippen molar-refractivity contribution >= 4 is 5.82 Å². The maximum atomic E-state index is 13.6. The quantitative estimate of drug-likeness (QED) is 0.931. The molecule has 1 saturated carbocycles. The van der Waals surface area contributed by atoms with Gasteiger partial charge in [-0.3, -0.25) is 0 Å². The number of nitrogens with one attached hydrogen (secondary N) is 1. The molecule has 1 unspecified atom stereocenters. The van der Waals surface area contributed by atoms with Crippen LogP contribution in [0.25, 0.3) is 0 Å². The summed E-state index contributed by atoms with van der Waals surface area (Å²) in [6.07, 6.45) is 4.66. The van der Waals surface area contributed by atoms with Crippen LogP contribution in [0.4, 0.5) is 10.2 Å². The van der Waals surface area contributed by atoms with Gasteiger partial charge >= 0.3 is 0 Å². The minimum absolute atomic E-state index is 0.0143. The van der Waals surface area contributed by atoms with E-state index in [0.29, 0.717) is 11.7 Å². The lowest BCUT2D eigenvalue weighted by Gasteiger charge is -2.25. The molecular weight excluding hydrogens is 279 g/mol. The number of nitriles is 1. The van der Waals surface area contributed by atoms with Crippen LogP contribution in [-0.4, -0.2) is 10.2 Å². The molecule has 2 aromatic rings. The molecule has 1 aliphatic carbocycles. The third kappa shape index (κ3) is 3.22. The molecule has 1 aliphatic rings. The Kier molecular flexibility index (Phi) is 4.29. The Morgan fingerprint density at radius 1 is 1.18 bits per heavy atom. The Morgan fingerprint density at radius 2 is 2.00 bits per heavy atom. The van der Waals surface area contributed by atoms with Crippen molar-refractivity contribution < 1.29 is 4.39 Å². The molecule has 0 aliphatic heterocycles. The van der Waals surface area contributed by atoms with E-state index in [1.165, 1.54) is 18.9 Å². The summed E-state index contributed by atoms with van der Waals surface area (Å²) in [5.74, 6) is 0.840. The van der Waals surface area contributed by atoms with Gasteiger partial charge in [-0.1, -0.05) is 25.0 Å². The van der Waals surface area contributed by atoms with Gasteiger partial charge in [0.15, 0.2) is 5.69 Å². The molecule has 22 heavy (non-hydrogen) atoms. The van der Waals surface area contributed by atoms with E-state index in [1.54, 1.807) is 24.3 Å². The fourth-order valence-electron chi connectivity index (χ4n) is 3.09. The lowest BCUT2D eigenvalue weighted by molar-refractivity contribution is 0.466. The standard InChI is InChI=1S/C17H17FN4/c18-14-7-3-6-13(10-14)17(12-4-1-2-5-12)20-16-9-8-15(11-19)21-22-16/h3,6-10,12,17H,1-2,4-5H2,(H,20,22). The second-order valence-electron chi connectivity index (χ2n) is 5.64. The SMILES string of the molecule is N#Cc1ccc(NC(c2cccc(F)c2)C2CCCC2)nn1. The second kappa shape index (κ2) is 6.52. The van der Waals surface area contributed by atoms with Gasteiger partial charge in [0, 0.05) is 0 Å². The number of nitrogens with zero attached hydrogens (tertiary/aromatic N) is 3. The van der Waals surface area contributed by atoms with E-state index < -0.39 is 0 Å². The summed E-state index contributed by atoms with van der Waals surface area (Å²) in [6.45, 7) is 0. The minimum atomic E-state index is -0.229. The summed E-state index contributed by atoms with van der Waals surface area (Å²) >= 11 is 0. The number of hydrogen-bond acceptors (Lipinski definition) is 4. The van der Waals surface area contributed by atoms with Crippen molar-refractivity contribution in [2.75, 3.05) is 5.32 Å². The summed E-state index contributed by atoms with van der Waals surface area (Å²) in [6, 6.07) is 12.0. The van der Waals surface area contributed by atoms with E-state index in [9.17, 15) is 4.39 Å². The highest BCUT2D eigenvalue weighted by molar-refractivity contribution is 5.39. The van der Waals surface area contributed by atoms with Crippen LogP contribution in [0.15, 0.2) is 36.4 Å². The molecule has 5 heteroatoms. The van der Waals surface area contributed by atoms with Crippen molar-refractivity contribution in [1.29, 1.82) is 5.26 Å². The summed E-state index contributed by atoms with van der Waals surface area (Å²) in [5.41, 5.74) is 1.21. The van der Waals surface area contributed by atoms with Crippen molar-refractivity contribution in [2.24, 2.45) is 5.92 Å². The molecule has 3 rings (SSSR count). The van der Waals surface area contributed by atoms with E-state index in [4.69, 9.17) is 5.26 Å². The Labute approximate surface area is 129 Å². The molecule has 1 aromatic carbocycles. The van der Waals surface area contributed by atoms with Crippen LogP contribution in [0.2, 0.25) is 0 Å². The molecule has 1 N–H and O–H groups in total. The average Bonchev–Trinajstić information content (AvgIpc) is 3.07. The van der Waals surface area contributed by atoms with Gasteiger partial charge in [0.05, 0.1) is 6.04 Å². The number of halogens is 1. The molecule has 1 atom stereocenters. The number of hydrogen-bond donors (Lipinski definition) is 1. The summed E-state index contributed by atoms with van der Waals surface area (Å²) in [7, 11) is 0. The molecule has 0 radical (unpaired) electrons. The van der Waals surface area contributed by atoms with Crippen LogP contribution in [0.1, 0.15) is 43.0 Å². The fourth-order valence-corrected chi connectivity index (χ4v) is 3.09. The molecule has 4 nitrogen and oxygen atoms in total. The van der Waals surface area contributed by atoms with Gasteiger partial charge in [-0.2, -0.15) is 5.26 Å². The molecule has 1 fully saturated rings. The average molecular weight is 296 g/mol. The summed E-state index contributed by atoms with van der Waals surface area (Å²) in [5, 5.41) is 20.0. The van der Waals surface area contributed by atoms with Gasteiger partial charge in [0.2, 0.25) is 0 Å². The number of aromatic nitrogens is 2. The zero-order valence-corrected chi connectivity index (χ0v) is 12.2. The van der Waals surface area contributed by atoms with E-state index in [-0.39, 0.29) is 17.6 Å². The molecule has 0 bridgehead atoms. The van der Waals surface area contributed by atoms with Gasteiger partial charge in [-0.15, -0.1) is 10.2 Å². The van der Waals surface area contributed by atoms with Crippen LogP contribution in [0.3, 0.4) is 0 Å². The first-order chi connectivity index (χ1) is 10.8. The van der Waals surface area contributed by atoms with Crippen molar-refractivity contribution in [3.63, 3.8) is 0 Å². The Morgan fingerprint density at radius 3 is 2.64 bits per heavy atom. The smallest absolute Gasteiger partial charge is 0.163 e.